The molecule has 5 heteroatoms. The SMILES string of the molecule is c1ccc(-c2nc(-c3ccccc3)nc(-c3ccc(-c4ccc(-c5c6ccccc6n6c5sc5ccccc56)c5ccccc45)cc3)n2)cc1. The van der Waals surface area contributed by atoms with E-state index in [1.165, 1.54) is 53.4 Å². The summed E-state index contributed by atoms with van der Waals surface area (Å²) in [6.07, 6.45) is 0. The Hall–Kier alpha value is -6.43. The molecule has 0 bridgehead atoms. The summed E-state index contributed by atoms with van der Waals surface area (Å²) in [6.45, 7) is 0. The van der Waals surface area contributed by atoms with Crippen molar-refractivity contribution in [2.45, 2.75) is 0 Å². The predicted molar refractivity (Wildman–Crippen MR) is 208 cm³/mol. The van der Waals surface area contributed by atoms with Crippen molar-refractivity contribution < 1.29 is 0 Å². The van der Waals surface area contributed by atoms with Gasteiger partial charge in [-0.25, -0.2) is 15.0 Å². The first-order valence-corrected chi connectivity index (χ1v) is 17.5. The molecular weight excluding hydrogens is 629 g/mol. The van der Waals surface area contributed by atoms with E-state index in [2.05, 4.69) is 114 Å². The van der Waals surface area contributed by atoms with Crippen LogP contribution in [0, 0.1) is 0 Å². The Kier molecular flexibility index (Phi) is 6.64. The van der Waals surface area contributed by atoms with Crippen LogP contribution in [0.25, 0.3) is 93.1 Å². The maximum absolute atomic E-state index is 4.93. The summed E-state index contributed by atoms with van der Waals surface area (Å²) in [5, 5.41) is 3.73. The fraction of sp³-hybridized carbons (Fsp3) is 0. The summed E-state index contributed by atoms with van der Waals surface area (Å²) in [4.78, 5) is 16.0. The number of hydrogen-bond donors (Lipinski definition) is 0. The molecule has 0 saturated heterocycles. The normalized spacial score (nSPS) is 11.6. The Morgan fingerprint density at radius 1 is 0.360 bits per heavy atom. The van der Waals surface area contributed by atoms with Crippen LogP contribution in [0.3, 0.4) is 0 Å². The lowest BCUT2D eigenvalue weighted by atomic mass is 9.91. The number of para-hydroxylation sites is 2. The van der Waals surface area contributed by atoms with Gasteiger partial charge in [0, 0.05) is 27.6 Å². The third-order valence-corrected chi connectivity index (χ3v) is 10.6. The third kappa shape index (κ3) is 4.63. The molecular formula is C45H28N4S. The summed E-state index contributed by atoms with van der Waals surface area (Å²) >= 11 is 1.86. The first-order chi connectivity index (χ1) is 24.8. The van der Waals surface area contributed by atoms with E-state index in [0.29, 0.717) is 17.5 Å². The molecule has 7 aromatic carbocycles. The lowest BCUT2D eigenvalue weighted by Gasteiger charge is -2.13. The van der Waals surface area contributed by atoms with Crippen molar-refractivity contribution in [2.75, 3.05) is 0 Å². The molecule has 0 unspecified atom stereocenters. The van der Waals surface area contributed by atoms with Gasteiger partial charge in [0.2, 0.25) is 0 Å². The predicted octanol–water partition coefficient (Wildman–Crippen LogP) is 12.0. The molecule has 0 aliphatic rings. The van der Waals surface area contributed by atoms with E-state index in [1.54, 1.807) is 0 Å². The van der Waals surface area contributed by atoms with Gasteiger partial charge in [-0.1, -0.05) is 152 Å². The molecule has 0 saturated carbocycles. The lowest BCUT2D eigenvalue weighted by Crippen LogP contribution is -2.00. The van der Waals surface area contributed by atoms with E-state index in [1.807, 2.05) is 72.0 Å². The molecule has 0 spiro atoms. The molecule has 0 N–H and O–H groups in total. The summed E-state index contributed by atoms with van der Waals surface area (Å²) in [7, 11) is 0. The highest BCUT2D eigenvalue weighted by Gasteiger charge is 2.20. The highest BCUT2D eigenvalue weighted by molar-refractivity contribution is 7.24. The molecule has 0 atom stereocenters. The minimum atomic E-state index is 0.650. The zero-order chi connectivity index (χ0) is 33.0. The second-order valence-electron chi connectivity index (χ2n) is 12.4. The second kappa shape index (κ2) is 11.6. The van der Waals surface area contributed by atoms with Crippen molar-refractivity contribution in [3.05, 3.63) is 170 Å². The van der Waals surface area contributed by atoms with Crippen LogP contribution in [0.15, 0.2) is 170 Å². The number of fused-ring (bicyclic) bond motifs is 6. The van der Waals surface area contributed by atoms with E-state index >= 15 is 0 Å². The summed E-state index contributed by atoms with van der Waals surface area (Å²) in [5.74, 6) is 1.97. The van der Waals surface area contributed by atoms with Crippen molar-refractivity contribution in [3.8, 4) is 56.4 Å². The Labute approximate surface area is 292 Å². The standard InChI is InChI=1S/C45H28N4S/c1-3-13-30(14-4-1)42-46-43(31-15-5-2-6-16-31)48-44(47-42)32-25-23-29(24-26-32)33-27-28-36(35-18-8-7-17-34(33)35)41-37-19-9-10-20-38(37)49-39-21-11-12-22-40(39)50-45(41)49/h1-28H. The van der Waals surface area contributed by atoms with Crippen LogP contribution in [0.4, 0.5) is 0 Å². The minimum Gasteiger partial charge on any atom is -0.299 e. The van der Waals surface area contributed by atoms with Crippen LogP contribution < -0.4 is 0 Å². The average Bonchev–Trinajstić information content (AvgIpc) is 3.73. The van der Waals surface area contributed by atoms with Crippen LogP contribution in [-0.4, -0.2) is 19.4 Å². The van der Waals surface area contributed by atoms with Gasteiger partial charge in [0.25, 0.3) is 0 Å². The Morgan fingerprint density at radius 2 is 0.820 bits per heavy atom. The number of benzene rings is 7. The Morgan fingerprint density at radius 3 is 1.46 bits per heavy atom. The fourth-order valence-electron chi connectivity index (χ4n) is 7.15. The van der Waals surface area contributed by atoms with Crippen LogP contribution >= 0.6 is 11.3 Å². The third-order valence-electron chi connectivity index (χ3n) is 9.49. The van der Waals surface area contributed by atoms with Crippen LogP contribution in [0.1, 0.15) is 0 Å². The highest BCUT2D eigenvalue weighted by Crippen LogP contribution is 2.45. The average molecular weight is 657 g/mol. The van der Waals surface area contributed by atoms with Gasteiger partial charge in [-0.05, 0) is 45.7 Å². The molecule has 3 aromatic heterocycles. The van der Waals surface area contributed by atoms with Gasteiger partial charge in [0.05, 0.1) is 15.7 Å². The molecule has 50 heavy (non-hydrogen) atoms. The van der Waals surface area contributed by atoms with E-state index in [9.17, 15) is 0 Å². The smallest absolute Gasteiger partial charge is 0.164 e. The van der Waals surface area contributed by atoms with Crippen molar-refractivity contribution in [1.29, 1.82) is 0 Å². The number of thiazole rings is 1. The first-order valence-electron chi connectivity index (χ1n) is 16.7. The molecule has 0 amide bonds. The molecule has 0 radical (unpaired) electrons. The van der Waals surface area contributed by atoms with E-state index < -0.39 is 0 Å². The molecule has 3 heterocycles. The summed E-state index contributed by atoms with van der Waals surface area (Å²) in [5.41, 5.74) is 10.2. The van der Waals surface area contributed by atoms with E-state index in [4.69, 9.17) is 15.0 Å². The maximum Gasteiger partial charge on any atom is 0.164 e. The largest absolute Gasteiger partial charge is 0.299 e. The maximum atomic E-state index is 4.93. The number of aromatic nitrogens is 4. The Balaban J connectivity index is 1.10. The van der Waals surface area contributed by atoms with Gasteiger partial charge in [-0.15, -0.1) is 11.3 Å². The van der Waals surface area contributed by atoms with Crippen LogP contribution in [-0.2, 0) is 0 Å². The van der Waals surface area contributed by atoms with Gasteiger partial charge in [-0.2, -0.15) is 0 Å². The second-order valence-corrected chi connectivity index (χ2v) is 13.5. The van der Waals surface area contributed by atoms with Gasteiger partial charge >= 0.3 is 0 Å². The molecule has 0 aliphatic heterocycles. The minimum absolute atomic E-state index is 0.650. The summed E-state index contributed by atoms with van der Waals surface area (Å²) < 4.78 is 3.72. The van der Waals surface area contributed by atoms with Gasteiger partial charge in [0.1, 0.15) is 4.83 Å². The van der Waals surface area contributed by atoms with Gasteiger partial charge in [0.15, 0.2) is 17.5 Å². The molecule has 10 aromatic rings. The topological polar surface area (TPSA) is 43.1 Å². The Bertz CT molecular complexity index is 2800. The quantitative estimate of drug-likeness (QED) is 0.185. The van der Waals surface area contributed by atoms with Crippen molar-refractivity contribution in [2.24, 2.45) is 0 Å². The zero-order valence-electron chi connectivity index (χ0n) is 26.9. The van der Waals surface area contributed by atoms with Crippen molar-refractivity contribution in [1.82, 2.24) is 19.4 Å². The van der Waals surface area contributed by atoms with Crippen molar-refractivity contribution in [3.63, 3.8) is 0 Å². The van der Waals surface area contributed by atoms with E-state index in [0.717, 1.165) is 22.3 Å². The molecule has 0 aliphatic carbocycles. The van der Waals surface area contributed by atoms with Crippen LogP contribution in [0.5, 0.6) is 0 Å². The first kappa shape index (κ1) is 28.6. The number of rotatable bonds is 5. The monoisotopic (exact) mass is 656 g/mol. The molecule has 234 valence electrons. The molecule has 10 rings (SSSR count). The van der Waals surface area contributed by atoms with Crippen molar-refractivity contribution >= 4 is 48.1 Å². The lowest BCUT2D eigenvalue weighted by molar-refractivity contribution is 1.07. The highest BCUT2D eigenvalue weighted by atomic mass is 32.1. The molecule has 0 fully saturated rings. The summed E-state index contributed by atoms with van der Waals surface area (Å²) in [6, 6.07) is 59.7. The fourth-order valence-corrected chi connectivity index (χ4v) is 8.38. The van der Waals surface area contributed by atoms with E-state index in [-0.39, 0.29) is 0 Å². The molecule has 4 nitrogen and oxygen atoms in total. The number of nitrogens with zero attached hydrogens (tertiary/aromatic N) is 4. The number of hydrogen-bond acceptors (Lipinski definition) is 4. The van der Waals surface area contributed by atoms with Crippen LogP contribution in [0.2, 0.25) is 0 Å². The van der Waals surface area contributed by atoms with Gasteiger partial charge < -0.3 is 0 Å². The van der Waals surface area contributed by atoms with Gasteiger partial charge in [-0.3, -0.25) is 4.40 Å². The zero-order valence-corrected chi connectivity index (χ0v) is 27.7.